The predicted octanol–water partition coefficient (Wildman–Crippen LogP) is 2.45. The van der Waals surface area contributed by atoms with Crippen molar-refractivity contribution in [2.75, 3.05) is 20.2 Å². The van der Waals surface area contributed by atoms with Crippen molar-refractivity contribution in [1.82, 2.24) is 4.90 Å². The second kappa shape index (κ2) is 6.89. The summed E-state index contributed by atoms with van der Waals surface area (Å²) in [5.41, 5.74) is 0. The molecule has 0 spiro atoms. The first-order valence-corrected chi connectivity index (χ1v) is 6.44. The molecule has 94 valence electrons. The monoisotopic (exact) mass is 227 g/mol. The third-order valence-corrected chi connectivity index (χ3v) is 3.39. The normalized spacial score (nSPS) is 17.3. The maximum Gasteiger partial charge on any atom is 0.319 e. The van der Waals surface area contributed by atoms with E-state index < -0.39 is 0 Å². The van der Waals surface area contributed by atoms with Crippen LogP contribution in [0.15, 0.2) is 0 Å². The molecule has 1 aliphatic carbocycles. The van der Waals surface area contributed by atoms with Crippen molar-refractivity contribution in [2.24, 2.45) is 5.92 Å². The van der Waals surface area contributed by atoms with Crippen LogP contribution in [0.5, 0.6) is 0 Å². The van der Waals surface area contributed by atoms with Gasteiger partial charge in [-0.2, -0.15) is 0 Å². The summed E-state index contributed by atoms with van der Waals surface area (Å²) in [4.78, 5) is 13.7. The Morgan fingerprint density at radius 2 is 2.00 bits per heavy atom. The van der Waals surface area contributed by atoms with E-state index in [4.69, 9.17) is 4.74 Å². The lowest BCUT2D eigenvalue weighted by Crippen LogP contribution is -2.39. The summed E-state index contributed by atoms with van der Waals surface area (Å²) in [6, 6.07) is 0.609. The van der Waals surface area contributed by atoms with E-state index in [1.54, 1.807) is 0 Å². The number of ether oxygens (including phenoxy) is 1. The van der Waals surface area contributed by atoms with Gasteiger partial charge in [0.1, 0.15) is 0 Å². The summed E-state index contributed by atoms with van der Waals surface area (Å²) in [7, 11) is 1.47. The van der Waals surface area contributed by atoms with Crippen LogP contribution >= 0.6 is 0 Å². The van der Waals surface area contributed by atoms with Gasteiger partial charge >= 0.3 is 5.97 Å². The quantitative estimate of drug-likeness (QED) is 0.653. The molecule has 0 N–H and O–H groups in total. The molecule has 1 aliphatic rings. The van der Waals surface area contributed by atoms with E-state index in [0.717, 1.165) is 13.0 Å². The Labute approximate surface area is 99.1 Å². The first kappa shape index (κ1) is 13.5. The standard InChI is InChI=1S/C13H25NO2/c1-11(2)8-9-14(10-13(15)16-3)12-6-4-5-7-12/h11-12H,4-10H2,1-3H3. The molecule has 0 amide bonds. The van der Waals surface area contributed by atoms with Gasteiger partial charge in [-0.3, -0.25) is 9.69 Å². The van der Waals surface area contributed by atoms with Crippen molar-refractivity contribution in [2.45, 2.75) is 52.0 Å². The largest absolute Gasteiger partial charge is 0.468 e. The number of carbonyl (C=O) groups is 1. The zero-order valence-corrected chi connectivity index (χ0v) is 10.9. The Balaban J connectivity index is 2.43. The molecule has 0 atom stereocenters. The molecule has 3 heteroatoms. The highest BCUT2D eigenvalue weighted by atomic mass is 16.5. The van der Waals surface area contributed by atoms with E-state index in [9.17, 15) is 4.79 Å². The van der Waals surface area contributed by atoms with Crippen molar-refractivity contribution < 1.29 is 9.53 Å². The Bertz CT molecular complexity index is 210. The second-order valence-corrected chi connectivity index (χ2v) is 5.17. The average Bonchev–Trinajstić information content (AvgIpc) is 2.76. The van der Waals surface area contributed by atoms with E-state index >= 15 is 0 Å². The van der Waals surface area contributed by atoms with E-state index in [-0.39, 0.29) is 5.97 Å². The number of esters is 1. The molecule has 1 saturated carbocycles. The molecular formula is C13H25NO2. The zero-order chi connectivity index (χ0) is 12.0. The molecule has 0 saturated heterocycles. The fourth-order valence-corrected chi connectivity index (χ4v) is 2.31. The topological polar surface area (TPSA) is 29.5 Å². The molecule has 16 heavy (non-hydrogen) atoms. The van der Waals surface area contributed by atoms with Crippen LogP contribution in [0, 0.1) is 5.92 Å². The highest BCUT2D eigenvalue weighted by Gasteiger charge is 2.24. The Morgan fingerprint density at radius 1 is 1.38 bits per heavy atom. The molecule has 0 radical (unpaired) electrons. The van der Waals surface area contributed by atoms with E-state index in [1.165, 1.54) is 32.8 Å². The van der Waals surface area contributed by atoms with Crippen LogP contribution < -0.4 is 0 Å². The summed E-state index contributed by atoms with van der Waals surface area (Å²) in [5, 5.41) is 0. The van der Waals surface area contributed by atoms with Gasteiger partial charge in [-0.1, -0.05) is 26.7 Å². The van der Waals surface area contributed by atoms with Crippen LogP contribution in [0.25, 0.3) is 0 Å². The van der Waals surface area contributed by atoms with Crippen LogP contribution in [0.3, 0.4) is 0 Å². The molecule has 1 fully saturated rings. The third-order valence-electron chi connectivity index (χ3n) is 3.39. The summed E-state index contributed by atoms with van der Waals surface area (Å²) >= 11 is 0. The molecular weight excluding hydrogens is 202 g/mol. The molecule has 0 aromatic carbocycles. The molecule has 0 bridgehead atoms. The average molecular weight is 227 g/mol. The summed E-state index contributed by atoms with van der Waals surface area (Å²) in [6.07, 6.45) is 6.27. The number of nitrogens with zero attached hydrogens (tertiary/aromatic N) is 1. The molecule has 0 unspecified atom stereocenters. The fourth-order valence-electron chi connectivity index (χ4n) is 2.31. The summed E-state index contributed by atoms with van der Waals surface area (Å²) < 4.78 is 4.77. The predicted molar refractivity (Wildman–Crippen MR) is 65.3 cm³/mol. The molecule has 0 aromatic rings. The van der Waals surface area contributed by atoms with Gasteiger partial charge in [0.25, 0.3) is 0 Å². The van der Waals surface area contributed by atoms with E-state index in [2.05, 4.69) is 18.7 Å². The lowest BCUT2D eigenvalue weighted by molar-refractivity contribution is -0.142. The SMILES string of the molecule is COC(=O)CN(CCC(C)C)C1CCCC1. The van der Waals surface area contributed by atoms with E-state index in [1.807, 2.05) is 0 Å². The molecule has 3 nitrogen and oxygen atoms in total. The van der Waals surface area contributed by atoms with Crippen molar-refractivity contribution >= 4 is 5.97 Å². The maximum absolute atomic E-state index is 11.4. The van der Waals surface area contributed by atoms with Crippen molar-refractivity contribution in [3.63, 3.8) is 0 Å². The number of hydrogen-bond donors (Lipinski definition) is 0. The van der Waals surface area contributed by atoms with Crippen molar-refractivity contribution in [3.05, 3.63) is 0 Å². The van der Waals surface area contributed by atoms with Gasteiger partial charge in [0.15, 0.2) is 0 Å². The van der Waals surface area contributed by atoms with Crippen LogP contribution in [-0.4, -0.2) is 37.1 Å². The van der Waals surface area contributed by atoms with Gasteiger partial charge < -0.3 is 4.74 Å². The number of rotatable bonds is 6. The summed E-state index contributed by atoms with van der Waals surface area (Å²) in [6.45, 7) is 5.95. The Kier molecular flexibility index (Phi) is 5.81. The molecule has 0 aromatic heterocycles. The Hall–Kier alpha value is -0.570. The first-order chi connectivity index (χ1) is 7.63. The van der Waals surface area contributed by atoms with Crippen molar-refractivity contribution in [3.8, 4) is 0 Å². The molecule has 1 rings (SSSR count). The lowest BCUT2D eigenvalue weighted by Gasteiger charge is -2.28. The maximum atomic E-state index is 11.4. The van der Waals surface area contributed by atoms with Crippen LogP contribution in [0.4, 0.5) is 0 Å². The van der Waals surface area contributed by atoms with Crippen LogP contribution in [0.2, 0.25) is 0 Å². The number of hydrogen-bond acceptors (Lipinski definition) is 3. The van der Waals surface area contributed by atoms with Gasteiger partial charge in [-0.05, 0) is 31.7 Å². The molecule has 0 aliphatic heterocycles. The zero-order valence-electron chi connectivity index (χ0n) is 10.9. The minimum absolute atomic E-state index is 0.101. The lowest BCUT2D eigenvalue weighted by atomic mass is 10.1. The highest BCUT2D eigenvalue weighted by molar-refractivity contribution is 5.71. The smallest absolute Gasteiger partial charge is 0.319 e. The van der Waals surface area contributed by atoms with Gasteiger partial charge in [-0.15, -0.1) is 0 Å². The minimum Gasteiger partial charge on any atom is -0.468 e. The van der Waals surface area contributed by atoms with Crippen LogP contribution in [-0.2, 0) is 9.53 Å². The highest BCUT2D eigenvalue weighted by Crippen LogP contribution is 2.24. The summed E-state index contributed by atoms with van der Waals surface area (Å²) in [5.74, 6) is 0.595. The minimum atomic E-state index is -0.101. The molecule has 0 heterocycles. The van der Waals surface area contributed by atoms with E-state index in [0.29, 0.717) is 18.5 Å². The fraction of sp³-hybridized carbons (Fsp3) is 0.923. The Morgan fingerprint density at radius 3 is 2.50 bits per heavy atom. The third kappa shape index (κ3) is 4.52. The number of methoxy groups -OCH3 is 1. The van der Waals surface area contributed by atoms with Gasteiger partial charge in [0.05, 0.1) is 13.7 Å². The second-order valence-electron chi connectivity index (χ2n) is 5.17. The number of carbonyl (C=O) groups excluding carboxylic acids is 1. The first-order valence-electron chi connectivity index (χ1n) is 6.44. The van der Waals surface area contributed by atoms with Gasteiger partial charge in [0, 0.05) is 6.04 Å². The van der Waals surface area contributed by atoms with Gasteiger partial charge in [0.2, 0.25) is 0 Å². The van der Waals surface area contributed by atoms with Crippen LogP contribution in [0.1, 0.15) is 46.0 Å². The van der Waals surface area contributed by atoms with Crippen molar-refractivity contribution in [1.29, 1.82) is 0 Å². The van der Waals surface area contributed by atoms with Gasteiger partial charge in [-0.25, -0.2) is 0 Å².